The second-order valence-electron chi connectivity index (χ2n) is 8.37. The Kier molecular flexibility index (Phi) is 5.51. The molecule has 164 valence electrons. The van der Waals surface area contributed by atoms with Gasteiger partial charge in [-0.2, -0.15) is 5.10 Å². The number of benzene rings is 1. The van der Waals surface area contributed by atoms with Crippen molar-refractivity contribution in [2.24, 2.45) is 0 Å². The first-order chi connectivity index (χ1) is 14.8. The summed E-state index contributed by atoms with van der Waals surface area (Å²) in [5.41, 5.74) is 0.0975. The van der Waals surface area contributed by atoms with E-state index >= 15 is 0 Å². The van der Waals surface area contributed by atoms with Crippen molar-refractivity contribution >= 4 is 17.7 Å². The first-order valence-electron chi connectivity index (χ1n) is 10.5. The molecule has 0 spiro atoms. The van der Waals surface area contributed by atoms with Gasteiger partial charge in [-0.1, -0.05) is 12.1 Å². The Labute approximate surface area is 180 Å². The van der Waals surface area contributed by atoms with E-state index in [9.17, 15) is 18.8 Å². The molecule has 1 atom stereocenters. The topological polar surface area (TPSA) is 87.5 Å². The summed E-state index contributed by atoms with van der Waals surface area (Å²) in [7, 11) is 1.57. The molecule has 2 aromatic rings. The fourth-order valence-electron chi connectivity index (χ4n) is 4.07. The Morgan fingerprint density at radius 3 is 2.52 bits per heavy atom. The summed E-state index contributed by atoms with van der Waals surface area (Å²) >= 11 is 0. The molecule has 0 aliphatic carbocycles. The van der Waals surface area contributed by atoms with Gasteiger partial charge in [-0.25, -0.2) is 4.39 Å². The molecule has 4 rings (SSSR count). The van der Waals surface area contributed by atoms with Gasteiger partial charge >= 0.3 is 0 Å². The number of amides is 3. The monoisotopic (exact) mass is 427 g/mol. The van der Waals surface area contributed by atoms with Gasteiger partial charge in [0.2, 0.25) is 5.91 Å². The maximum Gasteiger partial charge on any atom is 0.274 e. The Morgan fingerprint density at radius 1 is 1.16 bits per heavy atom. The van der Waals surface area contributed by atoms with Crippen LogP contribution in [0.15, 0.2) is 30.3 Å². The summed E-state index contributed by atoms with van der Waals surface area (Å²) in [6, 6.07) is 7.37. The molecule has 3 heterocycles. The lowest BCUT2D eigenvalue weighted by molar-refractivity contribution is -0.132. The van der Waals surface area contributed by atoms with Gasteiger partial charge < -0.3 is 15.1 Å². The molecule has 8 nitrogen and oxygen atoms in total. The van der Waals surface area contributed by atoms with Crippen LogP contribution in [0.1, 0.15) is 52.7 Å². The lowest BCUT2D eigenvalue weighted by Crippen LogP contribution is -2.62. The maximum absolute atomic E-state index is 13.1. The molecule has 1 saturated heterocycles. The first-order valence-corrected chi connectivity index (χ1v) is 10.5. The normalized spacial score (nSPS) is 21.1. The Morgan fingerprint density at radius 2 is 1.84 bits per heavy atom. The molecule has 1 fully saturated rings. The average molecular weight is 427 g/mol. The molecule has 0 radical (unpaired) electrons. The van der Waals surface area contributed by atoms with Crippen LogP contribution in [0.4, 0.5) is 4.39 Å². The minimum atomic E-state index is -1.18. The fraction of sp³-hybridized carbons (Fsp3) is 0.455. The lowest BCUT2D eigenvalue weighted by atomic mass is 9.96. The highest BCUT2D eigenvalue weighted by atomic mass is 19.1. The van der Waals surface area contributed by atoms with Gasteiger partial charge in [0, 0.05) is 32.7 Å². The second kappa shape index (κ2) is 8.13. The van der Waals surface area contributed by atoms with Gasteiger partial charge in [-0.15, -0.1) is 0 Å². The molecular weight excluding hydrogens is 401 g/mol. The Hall–Kier alpha value is -3.23. The number of rotatable bonds is 4. The third-order valence-electron chi connectivity index (χ3n) is 6.22. The number of fused-ring (bicyclic) bond motifs is 1. The SMILES string of the molecule is CN1C(=O)c2cc(C(=O)N3CCCCC3)nn2C[C@@]1(C)C(=O)NCc1ccc(F)cc1. The van der Waals surface area contributed by atoms with Crippen molar-refractivity contribution in [2.45, 2.75) is 44.8 Å². The number of likely N-dealkylation sites (N-methyl/N-ethyl adjacent to an activating group) is 1. The predicted molar refractivity (Wildman–Crippen MR) is 111 cm³/mol. The molecule has 2 aliphatic heterocycles. The molecule has 1 aromatic carbocycles. The third-order valence-corrected chi connectivity index (χ3v) is 6.22. The number of piperidine rings is 1. The van der Waals surface area contributed by atoms with E-state index in [0.29, 0.717) is 18.8 Å². The highest BCUT2D eigenvalue weighted by molar-refractivity contribution is 6.01. The summed E-state index contributed by atoms with van der Waals surface area (Å²) in [4.78, 5) is 42.0. The fourth-order valence-corrected chi connectivity index (χ4v) is 4.07. The summed E-state index contributed by atoms with van der Waals surface area (Å²) in [6.45, 7) is 3.40. The number of likely N-dealkylation sites (tertiary alicyclic amines) is 1. The van der Waals surface area contributed by atoms with Gasteiger partial charge in [0.05, 0.1) is 6.54 Å². The zero-order chi connectivity index (χ0) is 22.2. The van der Waals surface area contributed by atoms with Crippen LogP contribution in [-0.2, 0) is 17.9 Å². The van der Waals surface area contributed by atoms with E-state index in [-0.39, 0.29) is 42.3 Å². The van der Waals surface area contributed by atoms with Crippen molar-refractivity contribution < 1.29 is 18.8 Å². The lowest BCUT2D eigenvalue weighted by Gasteiger charge is -2.40. The number of hydrogen-bond donors (Lipinski definition) is 1. The third kappa shape index (κ3) is 3.92. The number of aromatic nitrogens is 2. The predicted octanol–water partition coefficient (Wildman–Crippen LogP) is 1.81. The van der Waals surface area contributed by atoms with Crippen molar-refractivity contribution in [3.05, 3.63) is 53.1 Å². The van der Waals surface area contributed by atoms with Crippen molar-refractivity contribution in [3.63, 3.8) is 0 Å². The van der Waals surface area contributed by atoms with Gasteiger partial charge in [0.1, 0.15) is 17.1 Å². The van der Waals surface area contributed by atoms with Crippen LogP contribution in [-0.4, -0.2) is 63.0 Å². The Balaban J connectivity index is 1.51. The largest absolute Gasteiger partial charge is 0.350 e. The second-order valence-corrected chi connectivity index (χ2v) is 8.37. The zero-order valence-electron chi connectivity index (χ0n) is 17.7. The van der Waals surface area contributed by atoms with E-state index < -0.39 is 5.54 Å². The van der Waals surface area contributed by atoms with Crippen LogP contribution in [0.25, 0.3) is 0 Å². The summed E-state index contributed by atoms with van der Waals surface area (Å²) < 4.78 is 14.5. The number of nitrogens with one attached hydrogen (secondary N) is 1. The molecule has 0 unspecified atom stereocenters. The number of nitrogens with zero attached hydrogens (tertiary/aromatic N) is 4. The van der Waals surface area contributed by atoms with Gasteiger partial charge in [-0.05, 0) is 43.9 Å². The number of carbonyl (C=O) groups excluding carboxylic acids is 3. The molecule has 1 N–H and O–H groups in total. The van der Waals surface area contributed by atoms with Crippen LogP contribution in [0.2, 0.25) is 0 Å². The van der Waals surface area contributed by atoms with E-state index in [2.05, 4.69) is 10.4 Å². The first kappa shape index (κ1) is 21.0. The van der Waals surface area contributed by atoms with Crippen LogP contribution in [0, 0.1) is 5.82 Å². The summed E-state index contributed by atoms with van der Waals surface area (Å²) in [5.74, 6) is -1.24. The Bertz CT molecular complexity index is 1010. The van der Waals surface area contributed by atoms with Crippen LogP contribution >= 0.6 is 0 Å². The molecule has 1 aromatic heterocycles. The molecule has 0 saturated carbocycles. The van der Waals surface area contributed by atoms with Gasteiger partial charge in [0.15, 0.2) is 5.69 Å². The summed E-state index contributed by atoms with van der Waals surface area (Å²) in [6.07, 6.45) is 3.04. The molecule has 31 heavy (non-hydrogen) atoms. The zero-order valence-corrected chi connectivity index (χ0v) is 17.7. The van der Waals surface area contributed by atoms with Crippen molar-refractivity contribution in [3.8, 4) is 0 Å². The molecule has 0 bridgehead atoms. The minimum Gasteiger partial charge on any atom is -0.350 e. The standard InChI is InChI=1S/C22H26FN5O3/c1-22(21(31)24-13-15-6-8-16(23)9-7-15)14-28-18(20(30)26(22)2)12-17(25-28)19(29)27-10-4-3-5-11-27/h6-9,12H,3-5,10-11,13-14H2,1-2H3,(H,24,31)/t22-/m0/s1. The van der Waals surface area contributed by atoms with E-state index in [1.807, 2.05) is 0 Å². The van der Waals surface area contributed by atoms with Crippen molar-refractivity contribution in [1.29, 1.82) is 0 Å². The highest BCUT2D eigenvalue weighted by Gasteiger charge is 2.46. The van der Waals surface area contributed by atoms with E-state index in [1.54, 1.807) is 31.0 Å². The minimum absolute atomic E-state index is 0.132. The van der Waals surface area contributed by atoms with E-state index in [1.165, 1.54) is 27.8 Å². The molecule has 9 heteroatoms. The van der Waals surface area contributed by atoms with Gasteiger partial charge in [-0.3, -0.25) is 19.1 Å². The number of hydrogen-bond acceptors (Lipinski definition) is 4. The van der Waals surface area contributed by atoms with E-state index in [4.69, 9.17) is 0 Å². The molecule has 2 aliphatic rings. The van der Waals surface area contributed by atoms with Crippen LogP contribution < -0.4 is 5.32 Å². The average Bonchev–Trinajstić information content (AvgIpc) is 3.20. The van der Waals surface area contributed by atoms with Gasteiger partial charge in [0.25, 0.3) is 11.8 Å². The summed E-state index contributed by atoms with van der Waals surface area (Å²) in [5, 5.41) is 7.19. The highest BCUT2D eigenvalue weighted by Crippen LogP contribution is 2.26. The molecule has 3 amide bonds. The van der Waals surface area contributed by atoms with Crippen LogP contribution in [0.5, 0.6) is 0 Å². The molecular formula is C22H26FN5O3. The van der Waals surface area contributed by atoms with E-state index in [0.717, 1.165) is 24.8 Å². The number of carbonyl (C=O) groups is 3. The maximum atomic E-state index is 13.1. The van der Waals surface area contributed by atoms with Crippen LogP contribution in [0.3, 0.4) is 0 Å². The number of halogens is 1. The van der Waals surface area contributed by atoms with Crippen molar-refractivity contribution in [2.75, 3.05) is 20.1 Å². The van der Waals surface area contributed by atoms with Crippen molar-refractivity contribution in [1.82, 2.24) is 24.9 Å². The quantitative estimate of drug-likeness (QED) is 0.806. The smallest absolute Gasteiger partial charge is 0.274 e.